The number of H-pyrrole nitrogens is 1. The highest BCUT2D eigenvalue weighted by molar-refractivity contribution is 6.05. The van der Waals surface area contributed by atoms with Crippen LogP contribution >= 0.6 is 0 Å². The molecule has 27 heavy (non-hydrogen) atoms. The fraction of sp³-hybridized carbons (Fsp3) is 0.333. The first-order chi connectivity index (χ1) is 13.0. The number of likely N-dealkylation sites (N-methyl/N-ethyl adjacent to an activating group) is 1. The second-order valence-electron chi connectivity index (χ2n) is 7.30. The van der Waals surface area contributed by atoms with Gasteiger partial charge in [-0.05, 0) is 18.1 Å². The Morgan fingerprint density at radius 2 is 2.04 bits per heavy atom. The number of benzene rings is 1. The molecule has 1 atom stereocenters. The molecule has 0 radical (unpaired) electrons. The largest absolute Gasteiger partial charge is 0.357 e. The Morgan fingerprint density at radius 1 is 1.26 bits per heavy atom. The van der Waals surface area contributed by atoms with Crippen molar-refractivity contribution in [2.45, 2.75) is 19.0 Å². The van der Waals surface area contributed by atoms with Gasteiger partial charge in [-0.25, -0.2) is 0 Å². The predicted molar refractivity (Wildman–Crippen MR) is 106 cm³/mol. The number of likely N-dealkylation sites (tertiary alicyclic amines) is 1. The van der Waals surface area contributed by atoms with E-state index in [1.54, 1.807) is 25.5 Å². The van der Waals surface area contributed by atoms with Crippen LogP contribution in [0.3, 0.4) is 0 Å². The smallest absolute Gasteiger partial charge is 0.274 e. The van der Waals surface area contributed by atoms with Gasteiger partial charge < -0.3 is 14.5 Å². The average molecular weight is 364 g/mol. The van der Waals surface area contributed by atoms with Crippen molar-refractivity contribution in [3.63, 3.8) is 0 Å². The van der Waals surface area contributed by atoms with E-state index in [1.807, 2.05) is 18.0 Å². The van der Waals surface area contributed by atoms with E-state index in [0.29, 0.717) is 16.5 Å². The summed E-state index contributed by atoms with van der Waals surface area (Å²) in [6.07, 6.45) is 4.31. The predicted octanol–water partition coefficient (Wildman–Crippen LogP) is 2.21. The SMILES string of the molecule is CN(C(=O)c1cn(C)c(=O)c2[nH]ccc12)C1CCN(Cc2ccccc2)C1. The van der Waals surface area contributed by atoms with Crippen molar-refractivity contribution in [3.8, 4) is 0 Å². The van der Waals surface area contributed by atoms with Crippen LogP contribution in [0.1, 0.15) is 22.3 Å². The van der Waals surface area contributed by atoms with Gasteiger partial charge in [0.15, 0.2) is 0 Å². The van der Waals surface area contributed by atoms with Gasteiger partial charge in [-0.2, -0.15) is 0 Å². The van der Waals surface area contributed by atoms with Crippen molar-refractivity contribution in [3.05, 3.63) is 70.3 Å². The molecule has 4 rings (SSSR count). The molecule has 0 spiro atoms. The molecule has 1 saturated heterocycles. The third-order valence-electron chi connectivity index (χ3n) is 5.49. The van der Waals surface area contributed by atoms with Gasteiger partial charge in [-0.15, -0.1) is 0 Å². The van der Waals surface area contributed by atoms with E-state index < -0.39 is 0 Å². The number of pyridine rings is 1. The van der Waals surface area contributed by atoms with E-state index in [2.05, 4.69) is 34.1 Å². The minimum atomic E-state index is -0.121. The molecule has 3 aromatic rings. The number of rotatable bonds is 4. The van der Waals surface area contributed by atoms with E-state index >= 15 is 0 Å². The number of hydrogen-bond donors (Lipinski definition) is 1. The first kappa shape index (κ1) is 17.5. The van der Waals surface area contributed by atoms with Crippen molar-refractivity contribution in [2.24, 2.45) is 7.05 Å². The Hall–Kier alpha value is -2.86. The molecule has 140 valence electrons. The van der Waals surface area contributed by atoms with Crippen LogP contribution in [0.2, 0.25) is 0 Å². The number of aryl methyl sites for hydroxylation is 1. The van der Waals surface area contributed by atoms with Crippen molar-refractivity contribution in [1.82, 2.24) is 19.4 Å². The number of aromatic nitrogens is 2. The van der Waals surface area contributed by atoms with E-state index in [1.165, 1.54) is 10.1 Å². The highest BCUT2D eigenvalue weighted by Gasteiger charge is 2.30. The number of hydrogen-bond acceptors (Lipinski definition) is 3. The summed E-state index contributed by atoms with van der Waals surface area (Å²) in [6, 6.07) is 12.4. The fourth-order valence-corrected chi connectivity index (χ4v) is 3.91. The van der Waals surface area contributed by atoms with Gasteiger partial charge in [-0.1, -0.05) is 30.3 Å². The zero-order valence-corrected chi connectivity index (χ0v) is 15.7. The lowest BCUT2D eigenvalue weighted by Crippen LogP contribution is -2.39. The Bertz CT molecular complexity index is 1020. The van der Waals surface area contributed by atoms with Gasteiger partial charge in [0.05, 0.1) is 5.56 Å². The summed E-state index contributed by atoms with van der Waals surface area (Å²) in [5.41, 5.74) is 2.22. The third kappa shape index (κ3) is 3.28. The van der Waals surface area contributed by atoms with Crippen molar-refractivity contribution < 1.29 is 4.79 Å². The maximum absolute atomic E-state index is 13.2. The molecule has 3 heterocycles. The first-order valence-electron chi connectivity index (χ1n) is 9.25. The quantitative estimate of drug-likeness (QED) is 0.772. The van der Waals surface area contributed by atoms with Crippen molar-refractivity contribution in [1.29, 1.82) is 0 Å². The molecule has 1 aliphatic heterocycles. The van der Waals surface area contributed by atoms with Crippen LogP contribution in [0.5, 0.6) is 0 Å². The monoisotopic (exact) mass is 364 g/mol. The molecule has 1 aliphatic rings. The van der Waals surface area contributed by atoms with Gasteiger partial charge in [0, 0.05) is 57.6 Å². The molecule has 0 bridgehead atoms. The highest BCUT2D eigenvalue weighted by atomic mass is 16.2. The standard InChI is InChI=1S/C21H24N4O2/c1-23-14-18(17-8-10-22-19(17)21(23)27)20(26)24(2)16-9-11-25(13-16)12-15-6-4-3-5-7-15/h3-8,10,14,16,22H,9,11-13H2,1-2H3. The minimum absolute atomic E-state index is 0.0400. The first-order valence-corrected chi connectivity index (χ1v) is 9.25. The summed E-state index contributed by atoms with van der Waals surface area (Å²) in [5, 5.41) is 0.689. The van der Waals surface area contributed by atoms with Gasteiger partial charge >= 0.3 is 0 Å². The van der Waals surface area contributed by atoms with Crippen LogP contribution in [0, 0.1) is 0 Å². The number of nitrogens with one attached hydrogen (secondary N) is 1. The maximum atomic E-state index is 13.2. The number of nitrogens with zero attached hydrogens (tertiary/aromatic N) is 3. The molecule has 1 amide bonds. The summed E-state index contributed by atoms with van der Waals surface area (Å²) >= 11 is 0. The molecular weight excluding hydrogens is 340 g/mol. The Balaban J connectivity index is 1.51. The molecule has 1 unspecified atom stereocenters. The Morgan fingerprint density at radius 3 is 2.81 bits per heavy atom. The van der Waals surface area contributed by atoms with Crippen LogP contribution < -0.4 is 5.56 Å². The Labute approximate surface area is 158 Å². The highest BCUT2D eigenvalue weighted by Crippen LogP contribution is 2.21. The topological polar surface area (TPSA) is 61.3 Å². The number of amides is 1. The lowest BCUT2D eigenvalue weighted by atomic mass is 10.1. The van der Waals surface area contributed by atoms with Crippen LogP contribution in [-0.2, 0) is 13.6 Å². The minimum Gasteiger partial charge on any atom is -0.357 e. The lowest BCUT2D eigenvalue weighted by molar-refractivity contribution is 0.0736. The molecule has 1 N–H and O–H groups in total. The molecule has 6 nitrogen and oxygen atoms in total. The molecule has 0 aliphatic carbocycles. The number of fused-ring (bicyclic) bond motifs is 1. The van der Waals surface area contributed by atoms with Crippen LogP contribution in [0.15, 0.2) is 53.6 Å². The summed E-state index contributed by atoms with van der Waals surface area (Å²) in [5.74, 6) is -0.0400. The second kappa shape index (κ2) is 7.04. The molecular formula is C21H24N4O2. The molecule has 6 heteroatoms. The van der Waals surface area contributed by atoms with Crippen LogP contribution in [0.25, 0.3) is 10.9 Å². The Kier molecular flexibility index (Phi) is 4.58. The molecule has 0 saturated carbocycles. The van der Waals surface area contributed by atoms with E-state index in [4.69, 9.17) is 0 Å². The molecule has 1 fully saturated rings. The fourth-order valence-electron chi connectivity index (χ4n) is 3.91. The van der Waals surface area contributed by atoms with Crippen LogP contribution in [-0.4, -0.2) is 51.4 Å². The summed E-state index contributed by atoms with van der Waals surface area (Å²) in [4.78, 5) is 32.5. The number of carbonyl (C=O) groups is 1. The number of aromatic amines is 1. The third-order valence-corrected chi connectivity index (χ3v) is 5.49. The van der Waals surface area contributed by atoms with Gasteiger partial charge in [0.25, 0.3) is 11.5 Å². The van der Waals surface area contributed by atoms with Gasteiger partial charge in [-0.3, -0.25) is 14.5 Å². The number of carbonyl (C=O) groups excluding carboxylic acids is 1. The average Bonchev–Trinajstić information content (AvgIpc) is 3.34. The van der Waals surface area contributed by atoms with Crippen LogP contribution in [0.4, 0.5) is 0 Å². The molecule has 1 aromatic carbocycles. The van der Waals surface area contributed by atoms with Crippen molar-refractivity contribution in [2.75, 3.05) is 20.1 Å². The lowest BCUT2D eigenvalue weighted by Gasteiger charge is -2.25. The second-order valence-corrected chi connectivity index (χ2v) is 7.30. The van der Waals surface area contributed by atoms with E-state index in [9.17, 15) is 9.59 Å². The zero-order chi connectivity index (χ0) is 19.0. The maximum Gasteiger partial charge on any atom is 0.274 e. The summed E-state index contributed by atoms with van der Waals surface area (Å²) in [7, 11) is 3.54. The van der Waals surface area contributed by atoms with E-state index in [-0.39, 0.29) is 17.5 Å². The normalized spacial score (nSPS) is 17.5. The molecule has 2 aromatic heterocycles. The van der Waals surface area contributed by atoms with Gasteiger partial charge in [0.2, 0.25) is 0 Å². The van der Waals surface area contributed by atoms with Crippen molar-refractivity contribution >= 4 is 16.8 Å². The van der Waals surface area contributed by atoms with E-state index in [0.717, 1.165) is 26.1 Å². The summed E-state index contributed by atoms with van der Waals surface area (Å²) < 4.78 is 1.47. The van der Waals surface area contributed by atoms with Gasteiger partial charge in [0.1, 0.15) is 5.52 Å². The zero-order valence-electron chi connectivity index (χ0n) is 15.7. The summed E-state index contributed by atoms with van der Waals surface area (Å²) in [6.45, 7) is 2.74.